The van der Waals surface area contributed by atoms with Gasteiger partial charge in [-0.15, -0.1) is 0 Å². The van der Waals surface area contributed by atoms with Gasteiger partial charge in [-0.1, -0.05) is 26.0 Å². The first-order valence-electron chi connectivity index (χ1n) is 7.97. The van der Waals surface area contributed by atoms with Crippen LogP contribution >= 0.6 is 0 Å². The molecule has 0 radical (unpaired) electrons. The molecule has 122 valence electrons. The second-order valence-electron chi connectivity index (χ2n) is 6.35. The summed E-state index contributed by atoms with van der Waals surface area (Å²) in [6.45, 7) is 8.90. The van der Waals surface area contributed by atoms with Crippen molar-refractivity contribution in [3.05, 3.63) is 35.6 Å². The Labute approximate surface area is 132 Å². The summed E-state index contributed by atoms with van der Waals surface area (Å²) in [5.41, 5.74) is 0.914. The van der Waals surface area contributed by atoms with Gasteiger partial charge in [-0.25, -0.2) is 4.39 Å². The monoisotopic (exact) mass is 307 g/mol. The summed E-state index contributed by atoms with van der Waals surface area (Å²) in [4.78, 5) is 14.3. The quantitative estimate of drug-likeness (QED) is 0.874. The van der Waals surface area contributed by atoms with Gasteiger partial charge in [-0.2, -0.15) is 0 Å². The SMILES string of the molecule is CC(C)C(C)NC(=O)CN1CCNCC1c1cccc(F)c1. The largest absolute Gasteiger partial charge is 0.352 e. The highest BCUT2D eigenvalue weighted by Crippen LogP contribution is 2.22. The number of nitrogens with zero attached hydrogens (tertiary/aromatic N) is 1. The number of hydrogen-bond donors (Lipinski definition) is 2. The fraction of sp³-hybridized carbons (Fsp3) is 0.588. The van der Waals surface area contributed by atoms with Crippen LogP contribution in [0.3, 0.4) is 0 Å². The van der Waals surface area contributed by atoms with Gasteiger partial charge < -0.3 is 10.6 Å². The van der Waals surface area contributed by atoms with Crippen molar-refractivity contribution in [1.82, 2.24) is 15.5 Å². The highest BCUT2D eigenvalue weighted by molar-refractivity contribution is 5.78. The molecule has 1 saturated heterocycles. The fourth-order valence-corrected chi connectivity index (χ4v) is 2.63. The smallest absolute Gasteiger partial charge is 0.234 e. The van der Waals surface area contributed by atoms with Crippen molar-refractivity contribution in [3.63, 3.8) is 0 Å². The van der Waals surface area contributed by atoms with Gasteiger partial charge in [-0.3, -0.25) is 9.69 Å². The standard InChI is InChI=1S/C17H26FN3O/c1-12(2)13(3)20-17(22)11-21-8-7-19-10-16(21)14-5-4-6-15(18)9-14/h4-6,9,12-13,16,19H,7-8,10-11H2,1-3H3,(H,20,22). The van der Waals surface area contributed by atoms with Gasteiger partial charge in [0.25, 0.3) is 0 Å². The molecule has 1 aliphatic rings. The van der Waals surface area contributed by atoms with Crippen LogP contribution in [-0.2, 0) is 4.79 Å². The molecular formula is C17H26FN3O. The van der Waals surface area contributed by atoms with Crippen molar-refractivity contribution < 1.29 is 9.18 Å². The second-order valence-corrected chi connectivity index (χ2v) is 6.35. The molecule has 2 atom stereocenters. The van der Waals surface area contributed by atoms with E-state index in [2.05, 4.69) is 29.4 Å². The molecule has 0 bridgehead atoms. The number of piperazine rings is 1. The third-order valence-electron chi connectivity index (χ3n) is 4.32. The Kier molecular flexibility index (Phi) is 5.91. The Bertz CT molecular complexity index is 506. The predicted octanol–water partition coefficient (Wildman–Crippen LogP) is 1.93. The van der Waals surface area contributed by atoms with Gasteiger partial charge in [0.15, 0.2) is 0 Å². The van der Waals surface area contributed by atoms with E-state index in [9.17, 15) is 9.18 Å². The summed E-state index contributed by atoms with van der Waals surface area (Å²) in [6, 6.07) is 6.83. The first-order chi connectivity index (χ1) is 10.5. The van der Waals surface area contributed by atoms with Gasteiger partial charge in [-0.05, 0) is 30.5 Å². The van der Waals surface area contributed by atoms with Crippen LogP contribution in [-0.4, -0.2) is 43.0 Å². The summed E-state index contributed by atoms with van der Waals surface area (Å²) in [5, 5.41) is 6.35. The van der Waals surface area contributed by atoms with Gasteiger partial charge >= 0.3 is 0 Å². The summed E-state index contributed by atoms with van der Waals surface area (Å²) in [6.07, 6.45) is 0. The van der Waals surface area contributed by atoms with Crippen LogP contribution < -0.4 is 10.6 Å². The predicted molar refractivity (Wildman–Crippen MR) is 86.0 cm³/mol. The molecule has 5 heteroatoms. The first kappa shape index (κ1) is 16.9. The van der Waals surface area contributed by atoms with Crippen molar-refractivity contribution in [2.45, 2.75) is 32.9 Å². The van der Waals surface area contributed by atoms with Crippen LogP contribution in [0.2, 0.25) is 0 Å². The lowest BCUT2D eigenvalue weighted by molar-refractivity contribution is -0.124. The van der Waals surface area contributed by atoms with E-state index in [1.165, 1.54) is 6.07 Å². The van der Waals surface area contributed by atoms with Gasteiger partial charge in [0.2, 0.25) is 5.91 Å². The van der Waals surface area contributed by atoms with Crippen LogP contribution in [0.5, 0.6) is 0 Å². The maximum atomic E-state index is 13.5. The number of benzene rings is 1. The summed E-state index contributed by atoms with van der Waals surface area (Å²) in [5.74, 6) is 0.205. The molecule has 4 nitrogen and oxygen atoms in total. The van der Waals surface area contributed by atoms with E-state index in [-0.39, 0.29) is 23.8 Å². The number of amides is 1. The minimum Gasteiger partial charge on any atom is -0.352 e. The maximum Gasteiger partial charge on any atom is 0.234 e. The summed E-state index contributed by atoms with van der Waals surface area (Å²) < 4.78 is 13.5. The summed E-state index contributed by atoms with van der Waals surface area (Å²) >= 11 is 0. The van der Waals surface area contributed by atoms with Gasteiger partial charge in [0.1, 0.15) is 5.82 Å². The maximum absolute atomic E-state index is 13.5. The lowest BCUT2D eigenvalue weighted by Crippen LogP contribution is -2.50. The first-order valence-corrected chi connectivity index (χ1v) is 7.97. The van der Waals surface area contributed by atoms with Crippen molar-refractivity contribution in [1.29, 1.82) is 0 Å². The van der Waals surface area contributed by atoms with E-state index >= 15 is 0 Å². The molecule has 2 unspecified atom stereocenters. The van der Waals surface area contributed by atoms with Gasteiger partial charge in [0, 0.05) is 31.7 Å². The molecular weight excluding hydrogens is 281 g/mol. The third-order valence-corrected chi connectivity index (χ3v) is 4.32. The van der Waals surface area contributed by atoms with E-state index in [1.54, 1.807) is 12.1 Å². The molecule has 1 aromatic carbocycles. The third kappa shape index (κ3) is 4.52. The van der Waals surface area contributed by atoms with E-state index < -0.39 is 0 Å². The lowest BCUT2D eigenvalue weighted by atomic mass is 10.0. The molecule has 0 spiro atoms. The molecule has 1 fully saturated rings. The van der Waals surface area contributed by atoms with Crippen LogP contribution in [0.1, 0.15) is 32.4 Å². The molecule has 1 aliphatic heterocycles. The van der Waals surface area contributed by atoms with E-state index in [1.807, 2.05) is 13.0 Å². The number of carbonyl (C=O) groups is 1. The zero-order valence-corrected chi connectivity index (χ0v) is 13.6. The van der Waals surface area contributed by atoms with Crippen molar-refractivity contribution in [2.75, 3.05) is 26.2 Å². The summed E-state index contributed by atoms with van der Waals surface area (Å²) in [7, 11) is 0. The van der Waals surface area contributed by atoms with Crippen LogP contribution in [0.15, 0.2) is 24.3 Å². The average molecular weight is 307 g/mol. The highest BCUT2D eigenvalue weighted by Gasteiger charge is 2.26. The Balaban J connectivity index is 2.02. The zero-order chi connectivity index (χ0) is 16.1. The van der Waals surface area contributed by atoms with Crippen LogP contribution in [0.4, 0.5) is 4.39 Å². The minimum absolute atomic E-state index is 0.0319. The number of nitrogens with one attached hydrogen (secondary N) is 2. The fourth-order valence-electron chi connectivity index (χ4n) is 2.63. The van der Waals surface area contributed by atoms with Gasteiger partial charge in [0.05, 0.1) is 6.54 Å². The number of hydrogen-bond acceptors (Lipinski definition) is 3. The average Bonchev–Trinajstić information content (AvgIpc) is 2.47. The molecule has 22 heavy (non-hydrogen) atoms. The minimum atomic E-state index is -0.235. The van der Waals surface area contributed by atoms with E-state index in [0.29, 0.717) is 12.5 Å². The normalized spacial score (nSPS) is 20.9. The van der Waals surface area contributed by atoms with E-state index in [0.717, 1.165) is 25.2 Å². The van der Waals surface area contributed by atoms with Crippen molar-refractivity contribution >= 4 is 5.91 Å². The number of rotatable bonds is 5. The topological polar surface area (TPSA) is 44.4 Å². The zero-order valence-electron chi connectivity index (χ0n) is 13.6. The molecule has 0 aromatic heterocycles. The lowest BCUT2D eigenvalue weighted by Gasteiger charge is -2.36. The second kappa shape index (κ2) is 7.70. The Morgan fingerprint density at radius 3 is 2.91 bits per heavy atom. The number of carbonyl (C=O) groups excluding carboxylic acids is 1. The van der Waals surface area contributed by atoms with E-state index in [4.69, 9.17) is 0 Å². The molecule has 1 heterocycles. The molecule has 2 N–H and O–H groups in total. The molecule has 1 amide bonds. The highest BCUT2D eigenvalue weighted by atomic mass is 19.1. The van der Waals surface area contributed by atoms with Crippen LogP contribution in [0.25, 0.3) is 0 Å². The molecule has 1 aromatic rings. The Morgan fingerprint density at radius 2 is 2.23 bits per heavy atom. The number of halogens is 1. The van der Waals surface area contributed by atoms with Crippen LogP contribution in [0, 0.1) is 11.7 Å². The Morgan fingerprint density at radius 1 is 1.45 bits per heavy atom. The van der Waals surface area contributed by atoms with Crippen molar-refractivity contribution in [2.24, 2.45) is 5.92 Å². The molecule has 0 aliphatic carbocycles. The Hall–Kier alpha value is -1.46. The molecule has 0 saturated carbocycles. The van der Waals surface area contributed by atoms with Crippen molar-refractivity contribution in [3.8, 4) is 0 Å². The molecule has 2 rings (SSSR count).